The van der Waals surface area contributed by atoms with Crippen LogP contribution in [0.5, 0.6) is 11.5 Å². The second kappa shape index (κ2) is 9.07. The van der Waals surface area contributed by atoms with Crippen molar-refractivity contribution < 1.29 is 9.47 Å². The van der Waals surface area contributed by atoms with E-state index < -0.39 is 0 Å². The molecular formula is C15H25N3O2. The number of aliphatic imine (C=N–C) groups is 1. The Morgan fingerprint density at radius 1 is 1.25 bits per heavy atom. The average molecular weight is 279 g/mol. The van der Waals surface area contributed by atoms with Crippen LogP contribution in [0.25, 0.3) is 0 Å². The van der Waals surface area contributed by atoms with Crippen LogP contribution < -0.4 is 20.1 Å². The molecule has 0 amide bonds. The van der Waals surface area contributed by atoms with Crippen LogP contribution in [0.2, 0.25) is 0 Å². The summed E-state index contributed by atoms with van der Waals surface area (Å²) in [6.07, 6.45) is 0. The molecule has 0 unspecified atom stereocenters. The molecule has 112 valence electrons. The molecule has 5 nitrogen and oxygen atoms in total. The first-order valence-corrected chi connectivity index (χ1v) is 6.87. The van der Waals surface area contributed by atoms with Crippen molar-refractivity contribution in [3.8, 4) is 11.5 Å². The van der Waals surface area contributed by atoms with Gasteiger partial charge in [0.05, 0.1) is 13.7 Å². The van der Waals surface area contributed by atoms with E-state index >= 15 is 0 Å². The Kier molecular flexibility index (Phi) is 7.32. The minimum atomic E-state index is 0.565. The highest BCUT2D eigenvalue weighted by molar-refractivity contribution is 5.79. The molecular weight excluding hydrogens is 254 g/mol. The molecule has 0 aliphatic rings. The maximum absolute atomic E-state index is 5.64. The Morgan fingerprint density at radius 2 is 2.00 bits per heavy atom. The molecule has 1 aromatic carbocycles. The summed E-state index contributed by atoms with van der Waals surface area (Å²) in [7, 11) is 3.41. The minimum absolute atomic E-state index is 0.565. The molecule has 0 spiro atoms. The lowest BCUT2D eigenvalue weighted by molar-refractivity contribution is 0.319. The van der Waals surface area contributed by atoms with E-state index in [0.717, 1.165) is 24.0 Å². The summed E-state index contributed by atoms with van der Waals surface area (Å²) >= 11 is 0. The van der Waals surface area contributed by atoms with E-state index in [4.69, 9.17) is 9.47 Å². The Balaban J connectivity index is 2.26. The van der Waals surface area contributed by atoms with E-state index in [1.165, 1.54) is 0 Å². The van der Waals surface area contributed by atoms with Gasteiger partial charge in [-0.1, -0.05) is 19.9 Å². The predicted octanol–water partition coefficient (Wildman–Crippen LogP) is 1.89. The first-order valence-electron chi connectivity index (χ1n) is 6.87. The summed E-state index contributed by atoms with van der Waals surface area (Å²) in [6.45, 7) is 6.47. The Bertz CT molecular complexity index is 419. The molecule has 0 bridgehead atoms. The van der Waals surface area contributed by atoms with Gasteiger partial charge in [0.2, 0.25) is 0 Å². The van der Waals surface area contributed by atoms with Crippen LogP contribution in [0.1, 0.15) is 13.8 Å². The van der Waals surface area contributed by atoms with Crippen LogP contribution >= 0.6 is 0 Å². The monoisotopic (exact) mass is 279 g/mol. The van der Waals surface area contributed by atoms with Crippen LogP contribution in [0, 0.1) is 5.92 Å². The molecule has 2 N–H and O–H groups in total. The van der Waals surface area contributed by atoms with E-state index in [9.17, 15) is 0 Å². The summed E-state index contributed by atoms with van der Waals surface area (Å²) in [4.78, 5) is 4.15. The highest BCUT2D eigenvalue weighted by Crippen LogP contribution is 2.18. The fraction of sp³-hybridized carbons (Fsp3) is 0.533. The van der Waals surface area contributed by atoms with E-state index in [1.807, 2.05) is 24.3 Å². The van der Waals surface area contributed by atoms with Crippen LogP contribution in [-0.2, 0) is 0 Å². The molecule has 0 saturated carbocycles. The zero-order valence-electron chi connectivity index (χ0n) is 12.8. The highest BCUT2D eigenvalue weighted by atomic mass is 16.5. The lowest BCUT2D eigenvalue weighted by Crippen LogP contribution is -2.40. The molecule has 1 aromatic rings. The highest BCUT2D eigenvalue weighted by Gasteiger charge is 2.00. The number of ether oxygens (including phenoxy) is 2. The van der Waals surface area contributed by atoms with Crippen molar-refractivity contribution in [2.45, 2.75) is 13.8 Å². The van der Waals surface area contributed by atoms with Gasteiger partial charge in [-0.2, -0.15) is 0 Å². The van der Waals surface area contributed by atoms with Crippen molar-refractivity contribution in [3.05, 3.63) is 24.3 Å². The van der Waals surface area contributed by atoms with E-state index in [0.29, 0.717) is 19.1 Å². The second-order valence-corrected chi connectivity index (χ2v) is 4.80. The standard InChI is InChI=1S/C15H25N3O2/c1-12(2)11-18-15(16-3)17-8-9-20-14-7-5-6-13(10-14)19-4/h5-7,10,12H,8-9,11H2,1-4H3,(H2,16,17,18). The van der Waals surface area contributed by atoms with E-state index in [1.54, 1.807) is 14.2 Å². The third-order valence-electron chi connectivity index (χ3n) is 2.61. The SMILES string of the molecule is CN=C(NCCOc1cccc(OC)c1)NCC(C)C. The summed E-state index contributed by atoms with van der Waals surface area (Å²) < 4.78 is 10.8. The predicted molar refractivity (Wildman–Crippen MR) is 82.7 cm³/mol. The molecule has 0 aliphatic heterocycles. The van der Waals surface area contributed by atoms with Gasteiger partial charge in [-0.15, -0.1) is 0 Å². The number of nitrogens with zero attached hydrogens (tertiary/aromatic N) is 1. The van der Waals surface area contributed by atoms with Crippen LogP contribution in [0.3, 0.4) is 0 Å². The van der Waals surface area contributed by atoms with Gasteiger partial charge in [0.25, 0.3) is 0 Å². The lowest BCUT2D eigenvalue weighted by Gasteiger charge is -2.14. The van der Waals surface area contributed by atoms with Gasteiger partial charge in [0.15, 0.2) is 5.96 Å². The Morgan fingerprint density at radius 3 is 2.65 bits per heavy atom. The molecule has 0 atom stereocenters. The Labute approximate surface area is 121 Å². The zero-order chi connectivity index (χ0) is 14.8. The van der Waals surface area contributed by atoms with Gasteiger partial charge in [-0.25, -0.2) is 0 Å². The van der Waals surface area contributed by atoms with Crippen molar-refractivity contribution in [3.63, 3.8) is 0 Å². The number of guanidine groups is 1. The fourth-order valence-corrected chi connectivity index (χ4v) is 1.55. The molecule has 5 heteroatoms. The molecule has 0 fully saturated rings. The van der Waals surface area contributed by atoms with Gasteiger partial charge in [-0.05, 0) is 18.1 Å². The van der Waals surface area contributed by atoms with Gasteiger partial charge >= 0.3 is 0 Å². The van der Waals surface area contributed by atoms with Crippen LogP contribution in [0.4, 0.5) is 0 Å². The molecule has 0 radical (unpaired) electrons. The van der Waals surface area contributed by atoms with Crippen molar-refractivity contribution in [2.24, 2.45) is 10.9 Å². The van der Waals surface area contributed by atoms with Crippen molar-refractivity contribution >= 4 is 5.96 Å². The van der Waals surface area contributed by atoms with Crippen LogP contribution in [-0.4, -0.2) is 39.8 Å². The second-order valence-electron chi connectivity index (χ2n) is 4.80. The van der Waals surface area contributed by atoms with Gasteiger partial charge in [-0.3, -0.25) is 4.99 Å². The van der Waals surface area contributed by atoms with Gasteiger partial charge in [0, 0.05) is 19.7 Å². The molecule has 1 rings (SSSR count). The van der Waals surface area contributed by atoms with Crippen LogP contribution in [0.15, 0.2) is 29.3 Å². The summed E-state index contributed by atoms with van der Waals surface area (Å²) in [5, 5.41) is 6.46. The number of methoxy groups -OCH3 is 1. The lowest BCUT2D eigenvalue weighted by atomic mass is 10.2. The van der Waals surface area contributed by atoms with Crippen molar-refractivity contribution in [1.29, 1.82) is 0 Å². The summed E-state index contributed by atoms with van der Waals surface area (Å²) in [6, 6.07) is 7.58. The summed E-state index contributed by atoms with van der Waals surface area (Å²) in [5.74, 6) is 2.98. The van der Waals surface area contributed by atoms with Crippen molar-refractivity contribution in [1.82, 2.24) is 10.6 Å². The number of rotatable bonds is 7. The molecule has 0 saturated heterocycles. The zero-order valence-corrected chi connectivity index (χ0v) is 12.8. The number of hydrogen-bond acceptors (Lipinski definition) is 3. The molecule has 0 aliphatic carbocycles. The quantitative estimate of drug-likeness (QED) is 0.455. The van der Waals surface area contributed by atoms with Gasteiger partial charge in [0.1, 0.15) is 18.1 Å². The third-order valence-corrected chi connectivity index (χ3v) is 2.61. The number of benzene rings is 1. The normalized spacial score (nSPS) is 11.3. The molecule has 20 heavy (non-hydrogen) atoms. The first kappa shape index (κ1) is 16.1. The van der Waals surface area contributed by atoms with E-state index in [-0.39, 0.29) is 0 Å². The topological polar surface area (TPSA) is 54.9 Å². The number of hydrogen-bond donors (Lipinski definition) is 2. The maximum Gasteiger partial charge on any atom is 0.191 e. The number of nitrogens with one attached hydrogen (secondary N) is 2. The third kappa shape index (κ3) is 6.31. The minimum Gasteiger partial charge on any atom is -0.497 e. The first-order chi connectivity index (χ1) is 9.65. The molecule has 0 heterocycles. The fourth-order valence-electron chi connectivity index (χ4n) is 1.55. The summed E-state index contributed by atoms with van der Waals surface area (Å²) in [5.41, 5.74) is 0. The average Bonchev–Trinajstić information content (AvgIpc) is 2.46. The molecule has 0 aromatic heterocycles. The smallest absolute Gasteiger partial charge is 0.191 e. The van der Waals surface area contributed by atoms with Crippen molar-refractivity contribution in [2.75, 3.05) is 33.9 Å². The Hall–Kier alpha value is -1.91. The van der Waals surface area contributed by atoms with Gasteiger partial charge < -0.3 is 20.1 Å². The van der Waals surface area contributed by atoms with E-state index in [2.05, 4.69) is 29.5 Å². The largest absolute Gasteiger partial charge is 0.497 e. The maximum atomic E-state index is 5.64.